The van der Waals surface area contributed by atoms with Crippen LogP contribution in [-0.2, 0) is 6.61 Å². The van der Waals surface area contributed by atoms with Gasteiger partial charge in [0.05, 0.1) is 0 Å². The Kier molecular flexibility index (Phi) is 3.80. The van der Waals surface area contributed by atoms with Crippen LogP contribution in [0.15, 0.2) is 42.5 Å². The van der Waals surface area contributed by atoms with Crippen molar-refractivity contribution in [2.45, 2.75) is 13.5 Å². The van der Waals surface area contributed by atoms with Gasteiger partial charge < -0.3 is 10.5 Å². The Morgan fingerprint density at radius 3 is 2.68 bits per heavy atom. The van der Waals surface area contributed by atoms with Gasteiger partial charge in [-0.3, -0.25) is 5.41 Å². The monoisotopic (exact) mass is 258 g/mol. The molecule has 0 aliphatic rings. The molecule has 0 aliphatic carbocycles. The lowest BCUT2D eigenvalue weighted by Crippen LogP contribution is -2.14. The van der Waals surface area contributed by atoms with Gasteiger partial charge in [-0.1, -0.05) is 36.4 Å². The molecule has 19 heavy (non-hydrogen) atoms. The summed E-state index contributed by atoms with van der Waals surface area (Å²) in [6.45, 7) is 1.86. The van der Waals surface area contributed by atoms with E-state index < -0.39 is 0 Å². The lowest BCUT2D eigenvalue weighted by atomic mass is 10.1. The topological polar surface area (TPSA) is 59.1 Å². The summed E-state index contributed by atoms with van der Waals surface area (Å²) in [6.07, 6.45) is 0. The molecule has 0 amide bonds. The first-order valence-electron chi connectivity index (χ1n) is 5.90. The Bertz CT molecular complexity index is 611. The van der Waals surface area contributed by atoms with Gasteiger partial charge in [-0.2, -0.15) is 0 Å². The standard InChI is InChI=1S/C15H15FN2O/c1-10-5-4-8-13(14(10)16)19-9-11-6-2-3-7-12(11)15(17)18/h2-8H,9H2,1H3,(H3,17,18). The summed E-state index contributed by atoms with van der Waals surface area (Å²) in [6, 6.07) is 12.2. The highest BCUT2D eigenvalue weighted by Gasteiger charge is 2.08. The first-order chi connectivity index (χ1) is 9.09. The predicted molar refractivity (Wildman–Crippen MR) is 72.9 cm³/mol. The van der Waals surface area contributed by atoms with Crippen LogP contribution in [0, 0.1) is 18.2 Å². The van der Waals surface area contributed by atoms with Crippen molar-refractivity contribution in [3.63, 3.8) is 0 Å². The minimum atomic E-state index is -0.359. The molecule has 0 heterocycles. The van der Waals surface area contributed by atoms with Gasteiger partial charge in [-0.15, -0.1) is 0 Å². The molecule has 0 saturated carbocycles. The Morgan fingerprint density at radius 1 is 1.21 bits per heavy atom. The van der Waals surface area contributed by atoms with Crippen molar-refractivity contribution in [1.82, 2.24) is 0 Å². The molecule has 2 aromatic rings. The number of halogens is 1. The van der Waals surface area contributed by atoms with Crippen LogP contribution >= 0.6 is 0 Å². The molecule has 98 valence electrons. The van der Waals surface area contributed by atoms with E-state index in [1.54, 1.807) is 37.3 Å². The van der Waals surface area contributed by atoms with E-state index in [0.717, 1.165) is 5.56 Å². The van der Waals surface area contributed by atoms with Crippen molar-refractivity contribution in [2.24, 2.45) is 5.73 Å². The Morgan fingerprint density at radius 2 is 1.95 bits per heavy atom. The first-order valence-corrected chi connectivity index (χ1v) is 5.90. The molecule has 3 N–H and O–H groups in total. The van der Waals surface area contributed by atoms with Crippen LogP contribution in [-0.4, -0.2) is 5.84 Å². The van der Waals surface area contributed by atoms with Gasteiger partial charge in [0.15, 0.2) is 11.6 Å². The summed E-state index contributed by atoms with van der Waals surface area (Å²) in [5.41, 5.74) is 7.40. The number of aryl methyl sites for hydroxylation is 1. The number of nitrogen functional groups attached to an aromatic ring is 1. The Hall–Kier alpha value is -2.36. The van der Waals surface area contributed by atoms with Gasteiger partial charge in [0, 0.05) is 11.1 Å². The molecule has 2 aromatic carbocycles. The van der Waals surface area contributed by atoms with Crippen LogP contribution in [0.4, 0.5) is 4.39 Å². The number of hydrogen-bond donors (Lipinski definition) is 2. The molecule has 0 aliphatic heterocycles. The summed E-state index contributed by atoms with van der Waals surface area (Å²) in [7, 11) is 0. The molecule has 0 radical (unpaired) electrons. The van der Waals surface area contributed by atoms with Crippen LogP contribution < -0.4 is 10.5 Å². The van der Waals surface area contributed by atoms with E-state index in [1.165, 1.54) is 0 Å². The third-order valence-electron chi connectivity index (χ3n) is 2.85. The predicted octanol–water partition coefficient (Wildman–Crippen LogP) is 3.00. The Balaban J connectivity index is 2.19. The molecule has 0 fully saturated rings. The van der Waals surface area contributed by atoms with E-state index in [4.69, 9.17) is 15.9 Å². The minimum Gasteiger partial charge on any atom is -0.486 e. The number of benzene rings is 2. The molecule has 0 spiro atoms. The molecular formula is C15H15FN2O. The van der Waals surface area contributed by atoms with Gasteiger partial charge >= 0.3 is 0 Å². The second kappa shape index (κ2) is 5.52. The SMILES string of the molecule is Cc1cccc(OCc2ccccc2C(=N)N)c1F. The highest BCUT2D eigenvalue weighted by atomic mass is 19.1. The van der Waals surface area contributed by atoms with Crippen molar-refractivity contribution >= 4 is 5.84 Å². The van der Waals surface area contributed by atoms with Gasteiger partial charge in [-0.05, 0) is 18.6 Å². The van der Waals surface area contributed by atoms with E-state index in [0.29, 0.717) is 11.1 Å². The Labute approximate surface area is 111 Å². The second-order valence-electron chi connectivity index (χ2n) is 4.25. The van der Waals surface area contributed by atoms with E-state index in [9.17, 15) is 4.39 Å². The van der Waals surface area contributed by atoms with Crippen molar-refractivity contribution in [3.05, 3.63) is 65.0 Å². The number of hydrogen-bond acceptors (Lipinski definition) is 2. The van der Waals surface area contributed by atoms with E-state index in [1.807, 2.05) is 12.1 Å². The molecule has 0 saturated heterocycles. The average Bonchev–Trinajstić information content (AvgIpc) is 2.40. The average molecular weight is 258 g/mol. The minimum absolute atomic E-state index is 0.0242. The van der Waals surface area contributed by atoms with E-state index >= 15 is 0 Å². The largest absolute Gasteiger partial charge is 0.486 e. The van der Waals surface area contributed by atoms with E-state index in [2.05, 4.69) is 0 Å². The highest BCUT2D eigenvalue weighted by molar-refractivity contribution is 5.96. The van der Waals surface area contributed by atoms with Crippen molar-refractivity contribution < 1.29 is 9.13 Å². The van der Waals surface area contributed by atoms with Gasteiger partial charge in [0.25, 0.3) is 0 Å². The lowest BCUT2D eigenvalue weighted by molar-refractivity contribution is 0.289. The maximum Gasteiger partial charge on any atom is 0.167 e. The molecular weight excluding hydrogens is 243 g/mol. The maximum absolute atomic E-state index is 13.8. The summed E-state index contributed by atoms with van der Waals surface area (Å²) < 4.78 is 19.2. The zero-order chi connectivity index (χ0) is 13.8. The zero-order valence-corrected chi connectivity index (χ0v) is 10.6. The third-order valence-corrected chi connectivity index (χ3v) is 2.85. The zero-order valence-electron chi connectivity index (χ0n) is 10.6. The van der Waals surface area contributed by atoms with E-state index in [-0.39, 0.29) is 24.0 Å². The molecule has 0 atom stereocenters. The quantitative estimate of drug-likeness (QED) is 0.654. The molecule has 4 heteroatoms. The smallest absolute Gasteiger partial charge is 0.167 e. The summed E-state index contributed by atoms with van der Waals surface area (Å²) in [5.74, 6) is -0.176. The number of ether oxygens (including phenoxy) is 1. The fraction of sp³-hybridized carbons (Fsp3) is 0.133. The lowest BCUT2D eigenvalue weighted by Gasteiger charge is -2.11. The first kappa shape index (κ1) is 13.1. The van der Waals surface area contributed by atoms with Gasteiger partial charge in [0.2, 0.25) is 0 Å². The maximum atomic E-state index is 13.8. The fourth-order valence-corrected chi connectivity index (χ4v) is 1.80. The fourth-order valence-electron chi connectivity index (χ4n) is 1.80. The number of amidine groups is 1. The van der Waals surface area contributed by atoms with Crippen LogP contribution in [0.2, 0.25) is 0 Å². The van der Waals surface area contributed by atoms with Gasteiger partial charge in [0.1, 0.15) is 12.4 Å². The molecule has 0 bridgehead atoms. The van der Waals surface area contributed by atoms with Crippen LogP contribution in [0.5, 0.6) is 5.75 Å². The van der Waals surface area contributed by atoms with Crippen LogP contribution in [0.25, 0.3) is 0 Å². The van der Waals surface area contributed by atoms with Crippen LogP contribution in [0.3, 0.4) is 0 Å². The molecule has 0 unspecified atom stereocenters. The summed E-state index contributed by atoms with van der Waals surface area (Å²) >= 11 is 0. The van der Waals surface area contributed by atoms with Crippen molar-refractivity contribution in [2.75, 3.05) is 0 Å². The third kappa shape index (κ3) is 2.91. The second-order valence-corrected chi connectivity index (χ2v) is 4.25. The summed E-state index contributed by atoms with van der Waals surface area (Å²) in [4.78, 5) is 0. The highest BCUT2D eigenvalue weighted by Crippen LogP contribution is 2.21. The van der Waals surface area contributed by atoms with Gasteiger partial charge in [-0.25, -0.2) is 4.39 Å². The number of nitrogens with two attached hydrogens (primary N) is 1. The van der Waals surface area contributed by atoms with Crippen molar-refractivity contribution in [1.29, 1.82) is 5.41 Å². The number of rotatable bonds is 4. The normalized spacial score (nSPS) is 10.2. The molecule has 3 nitrogen and oxygen atoms in total. The molecule has 2 rings (SSSR count). The van der Waals surface area contributed by atoms with Crippen LogP contribution in [0.1, 0.15) is 16.7 Å². The number of nitrogens with one attached hydrogen (secondary N) is 1. The summed E-state index contributed by atoms with van der Waals surface area (Å²) in [5, 5.41) is 7.48. The molecule has 0 aromatic heterocycles. The van der Waals surface area contributed by atoms with Crippen molar-refractivity contribution in [3.8, 4) is 5.75 Å².